The maximum Gasteiger partial charge on any atom is 0.160 e. The lowest BCUT2D eigenvalue weighted by Crippen LogP contribution is -1.93. The highest BCUT2D eigenvalue weighted by atomic mass is 16.1. The van der Waals surface area contributed by atoms with Crippen LogP contribution in [0.25, 0.3) is 0 Å². The lowest BCUT2D eigenvalue weighted by Gasteiger charge is -2.01. The first-order valence-corrected chi connectivity index (χ1v) is 11.3. The van der Waals surface area contributed by atoms with Crippen LogP contribution in [0.15, 0.2) is 66.3 Å². The third kappa shape index (κ3) is 15.8. The van der Waals surface area contributed by atoms with Crippen molar-refractivity contribution in [3.05, 3.63) is 88.5 Å². The third-order valence-electron chi connectivity index (χ3n) is 4.19. The Bertz CT molecular complexity index is 809. The molecular formula is C29H45NO. The largest absolute Gasteiger partial charge is 0.399 e. The maximum absolute atomic E-state index is 10.9. The van der Waals surface area contributed by atoms with Gasteiger partial charge in [0.05, 0.1) is 0 Å². The third-order valence-corrected chi connectivity index (χ3v) is 4.19. The molecule has 0 aliphatic rings. The number of nitrogen functional groups attached to an aromatic ring is 1. The van der Waals surface area contributed by atoms with E-state index in [9.17, 15) is 4.79 Å². The molecule has 2 nitrogen and oxygen atoms in total. The van der Waals surface area contributed by atoms with E-state index in [2.05, 4.69) is 65.0 Å². The minimum atomic E-state index is 0.137. The molecule has 0 unspecified atom stereocenters. The van der Waals surface area contributed by atoms with Gasteiger partial charge in [0, 0.05) is 11.3 Å². The van der Waals surface area contributed by atoms with Gasteiger partial charge in [-0.2, -0.15) is 0 Å². The van der Waals surface area contributed by atoms with E-state index in [1.165, 1.54) is 16.7 Å². The fourth-order valence-electron chi connectivity index (χ4n) is 2.40. The average Bonchev–Trinajstić information content (AvgIpc) is 2.72. The van der Waals surface area contributed by atoms with Gasteiger partial charge >= 0.3 is 0 Å². The minimum Gasteiger partial charge on any atom is -0.399 e. The molecule has 2 rings (SSSR count). The monoisotopic (exact) mass is 423 g/mol. The summed E-state index contributed by atoms with van der Waals surface area (Å²) in [5, 5.41) is 0. The van der Waals surface area contributed by atoms with Crippen LogP contribution in [-0.4, -0.2) is 5.78 Å². The molecular weight excluding hydrogens is 378 g/mol. The Labute approximate surface area is 192 Å². The number of ketones is 1. The standard InChI is InChI=1S/C9H13N.C9H10O.C9H16.C2H6/c1-3-8-4-5-9(10)7(2)6-8;1-7-5-3-4-6-9(7)8(2)10;1-8(2)6-5-7-9(3)4;1-2/h4-6H,3,10H2,1-2H3;3-6H,1-2H3;5-8H,1-4H3;1-2H3/b;;6-5-;. The highest BCUT2D eigenvalue weighted by Gasteiger charge is 1.99. The number of benzene rings is 2. The Balaban J connectivity index is 0. The Morgan fingerprint density at radius 1 is 0.968 bits per heavy atom. The van der Waals surface area contributed by atoms with Crippen LogP contribution in [0.2, 0.25) is 0 Å². The molecule has 0 spiro atoms. The zero-order chi connectivity index (χ0) is 24.4. The van der Waals surface area contributed by atoms with E-state index in [0.717, 1.165) is 23.2 Å². The second kappa shape index (κ2) is 18.2. The molecule has 0 saturated heterocycles. The fraction of sp³-hybridized carbons (Fsp3) is 0.414. The van der Waals surface area contributed by atoms with Gasteiger partial charge in [0.25, 0.3) is 0 Å². The van der Waals surface area contributed by atoms with Crippen molar-refractivity contribution in [3.8, 4) is 0 Å². The highest BCUT2D eigenvalue weighted by Crippen LogP contribution is 2.12. The normalized spacial score (nSPS) is 9.52. The van der Waals surface area contributed by atoms with Gasteiger partial charge in [0.2, 0.25) is 0 Å². The van der Waals surface area contributed by atoms with Crippen LogP contribution in [-0.2, 0) is 6.42 Å². The lowest BCUT2D eigenvalue weighted by molar-refractivity contribution is 0.101. The average molecular weight is 424 g/mol. The van der Waals surface area contributed by atoms with Crippen LogP contribution in [0.4, 0.5) is 5.69 Å². The summed E-state index contributed by atoms with van der Waals surface area (Å²) in [5.74, 6) is 0.804. The Hall–Kier alpha value is -2.61. The second-order valence-corrected chi connectivity index (χ2v) is 7.79. The van der Waals surface area contributed by atoms with Gasteiger partial charge in [-0.3, -0.25) is 4.79 Å². The van der Waals surface area contributed by atoms with E-state index in [-0.39, 0.29) is 5.78 Å². The van der Waals surface area contributed by atoms with Gasteiger partial charge < -0.3 is 5.73 Å². The summed E-state index contributed by atoms with van der Waals surface area (Å²) in [6.07, 6.45) is 7.51. The van der Waals surface area contributed by atoms with Crippen molar-refractivity contribution in [2.24, 2.45) is 5.92 Å². The zero-order valence-electron chi connectivity index (χ0n) is 21.5. The summed E-state index contributed by atoms with van der Waals surface area (Å²) >= 11 is 0. The molecule has 2 heteroatoms. The molecule has 2 N–H and O–H groups in total. The summed E-state index contributed by atoms with van der Waals surface area (Å²) in [4.78, 5) is 10.9. The fourth-order valence-corrected chi connectivity index (χ4v) is 2.40. The van der Waals surface area contributed by atoms with Gasteiger partial charge in [-0.1, -0.05) is 94.8 Å². The van der Waals surface area contributed by atoms with E-state index in [4.69, 9.17) is 5.73 Å². The molecule has 0 fully saturated rings. The number of Topliss-reactive ketones (excluding diaryl/α,β-unsaturated/α-hetero) is 1. The molecule has 0 bridgehead atoms. The van der Waals surface area contributed by atoms with Crippen molar-refractivity contribution in [1.82, 2.24) is 0 Å². The van der Waals surface area contributed by atoms with Crippen LogP contribution < -0.4 is 5.73 Å². The second-order valence-electron chi connectivity index (χ2n) is 7.79. The SMILES string of the molecule is CC.CC(=O)c1ccccc1C.CC(C)=C/C=C\C(C)C.CCc1ccc(N)c(C)c1. The van der Waals surface area contributed by atoms with E-state index in [1.807, 2.05) is 58.0 Å². The summed E-state index contributed by atoms with van der Waals surface area (Å²) in [7, 11) is 0. The molecule has 0 radical (unpaired) electrons. The predicted octanol–water partition coefficient (Wildman–Crippen LogP) is 8.53. The zero-order valence-corrected chi connectivity index (χ0v) is 21.5. The molecule has 0 atom stereocenters. The number of carbonyl (C=O) groups excluding carboxylic acids is 1. The molecule has 2 aromatic carbocycles. The van der Waals surface area contributed by atoms with Gasteiger partial charge in [0.1, 0.15) is 0 Å². The first kappa shape index (κ1) is 30.6. The molecule has 0 aromatic heterocycles. The topological polar surface area (TPSA) is 43.1 Å². The Morgan fingerprint density at radius 2 is 1.55 bits per heavy atom. The molecule has 172 valence electrons. The van der Waals surface area contributed by atoms with E-state index < -0.39 is 0 Å². The number of carbonyl (C=O) groups is 1. The lowest BCUT2D eigenvalue weighted by atomic mass is 10.1. The van der Waals surface area contributed by atoms with Crippen LogP contribution in [0.3, 0.4) is 0 Å². The number of aryl methyl sites for hydroxylation is 3. The molecule has 0 heterocycles. The number of anilines is 1. The van der Waals surface area contributed by atoms with Crippen LogP contribution in [0, 0.1) is 19.8 Å². The predicted molar refractivity (Wildman–Crippen MR) is 141 cm³/mol. The first-order chi connectivity index (χ1) is 14.6. The maximum atomic E-state index is 10.9. The van der Waals surface area contributed by atoms with Crippen LogP contribution in [0.5, 0.6) is 0 Å². The highest BCUT2D eigenvalue weighted by molar-refractivity contribution is 5.95. The van der Waals surface area contributed by atoms with Crippen molar-refractivity contribution in [1.29, 1.82) is 0 Å². The number of rotatable bonds is 4. The minimum absolute atomic E-state index is 0.137. The molecule has 2 aromatic rings. The van der Waals surface area contributed by atoms with Crippen molar-refractivity contribution >= 4 is 11.5 Å². The van der Waals surface area contributed by atoms with Gasteiger partial charge in [0.15, 0.2) is 5.78 Å². The van der Waals surface area contributed by atoms with Gasteiger partial charge in [-0.15, -0.1) is 0 Å². The van der Waals surface area contributed by atoms with E-state index >= 15 is 0 Å². The molecule has 0 aliphatic heterocycles. The summed E-state index contributed by atoms with van der Waals surface area (Å²) in [5.41, 5.74) is 12.3. The Kier molecular flexibility index (Phi) is 17.9. The van der Waals surface area contributed by atoms with Crippen LogP contribution >= 0.6 is 0 Å². The van der Waals surface area contributed by atoms with Crippen molar-refractivity contribution in [2.45, 2.75) is 75.7 Å². The van der Waals surface area contributed by atoms with E-state index in [0.29, 0.717) is 5.92 Å². The molecule has 0 amide bonds. The smallest absolute Gasteiger partial charge is 0.160 e. The number of hydrogen-bond acceptors (Lipinski definition) is 2. The molecule has 31 heavy (non-hydrogen) atoms. The number of allylic oxidation sites excluding steroid dienone is 4. The van der Waals surface area contributed by atoms with Crippen molar-refractivity contribution < 1.29 is 4.79 Å². The van der Waals surface area contributed by atoms with Gasteiger partial charge in [-0.25, -0.2) is 0 Å². The quantitative estimate of drug-likeness (QED) is 0.304. The van der Waals surface area contributed by atoms with Gasteiger partial charge in [-0.05, 0) is 69.7 Å². The molecule has 0 saturated carbocycles. The number of nitrogens with two attached hydrogens (primary N) is 1. The van der Waals surface area contributed by atoms with Crippen molar-refractivity contribution in [3.63, 3.8) is 0 Å². The summed E-state index contributed by atoms with van der Waals surface area (Å²) < 4.78 is 0. The van der Waals surface area contributed by atoms with E-state index in [1.54, 1.807) is 6.92 Å². The summed E-state index contributed by atoms with van der Waals surface area (Å²) in [6, 6.07) is 13.8. The van der Waals surface area contributed by atoms with Crippen LogP contribution in [0.1, 0.15) is 82.4 Å². The Morgan fingerprint density at radius 3 is 1.94 bits per heavy atom. The summed E-state index contributed by atoms with van der Waals surface area (Å²) in [6.45, 7) is 20.3. The first-order valence-electron chi connectivity index (χ1n) is 11.3. The van der Waals surface area contributed by atoms with Crippen molar-refractivity contribution in [2.75, 3.05) is 5.73 Å². The molecule has 0 aliphatic carbocycles. The number of hydrogen-bond donors (Lipinski definition) is 1.